The Morgan fingerprint density at radius 2 is 1.95 bits per heavy atom. The monoisotopic (exact) mass is 276 g/mol. The lowest BCUT2D eigenvalue weighted by molar-refractivity contribution is 0.201. The van der Waals surface area contributed by atoms with Crippen LogP contribution in [0, 0.1) is 11.8 Å². The zero-order chi connectivity index (χ0) is 14.1. The number of nitrogens with zero attached hydrogens (tertiary/aromatic N) is 3. The van der Waals surface area contributed by atoms with Crippen LogP contribution in [0.2, 0.25) is 0 Å². The third kappa shape index (κ3) is 2.40. The van der Waals surface area contributed by atoms with Crippen molar-refractivity contribution in [3.8, 4) is 0 Å². The number of anilines is 2. The van der Waals surface area contributed by atoms with Crippen LogP contribution in [0.5, 0.6) is 0 Å². The van der Waals surface area contributed by atoms with Gasteiger partial charge >= 0.3 is 0 Å². The van der Waals surface area contributed by atoms with Gasteiger partial charge in [-0.15, -0.1) is 0 Å². The summed E-state index contributed by atoms with van der Waals surface area (Å²) in [5.74, 6) is 3.00. The highest BCUT2D eigenvalue weighted by Crippen LogP contribution is 2.39. The first-order valence-corrected chi connectivity index (χ1v) is 8.27. The minimum atomic E-state index is 0.876. The average molecular weight is 276 g/mol. The zero-order valence-corrected chi connectivity index (χ0v) is 12.9. The average Bonchev–Trinajstić information content (AvgIpc) is 2.73. The second-order valence-corrected chi connectivity index (χ2v) is 6.60. The molecule has 1 aromatic rings. The van der Waals surface area contributed by atoms with E-state index in [0.717, 1.165) is 48.4 Å². The SMILES string of the molecule is CCCc1nn(C)c(N2CCC3CCCCC3C2)c1N. The second kappa shape index (κ2) is 5.66. The maximum absolute atomic E-state index is 6.36. The Morgan fingerprint density at radius 1 is 1.20 bits per heavy atom. The van der Waals surface area contributed by atoms with E-state index in [1.807, 2.05) is 11.7 Å². The number of hydrogen-bond acceptors (Lipinski definition) is 3. The molecular weight excluding hydrogens is 248 g/mol. The summed E-state index contributed by atoms with van der Waals surface area (Å²) in [5.41, 5.74) is 8.36. The minimum Gasteiger partial charge on any atom is -0.394 e. The molecule has 2 fully saturated rings. The van der Waals surface area contributed by atoms with Crippen LogP contribution < -0.4 is 10.6 Å². The molecule has 1 aromatic heterocycles. The first kappa shape index (κ1) is 13.8. The number of rotatable bonds is 3. The van der Waals surface area contributed by atoms with Crippen molar-refractivity contribution in [1.82, 2.24) is 9.78 Å². The van der Waals surface area contributed by atoms with Crippen molar-refractivity contribution in [3.63, 3.8) is 0 Å². The van der Waals surface area contributed by atoms with Crippen LogP contribution in [0.25, 0.3) is 0 Å². The molecule has 0 radical (unpaired) electrons. The Kier molecular flexibility index (Phi) is 3.90. The summed E-state index contributed by atoms with van der Waals surface area (Å²) in [7, 11) is 2.04. The highest BCUT2D eigenvalue weighted by molar-refractivity contribution is 5.66. The van der Waals surface area contributed by atoms with Crippen LogP contribution in [0.15, 0.2) is 0 Å². The van der Waals surface area contributed by atoms with Gasteiger partial charge in [-0.05, 0) is 31.1 Å². The van der Waals surface area contributed by atoms with Gasteiger partial charge in [0.2, 0.25) is 0 Å². The van der Waals surface area contributed by atoms with Gasteiger partial charge in [-0.3, -0.25) is 4.68 Å². The molecule has 1 saturated carbocycles. The summed E-state index contributed by atoms with van der Waals surface area (Å²) < 4.78 is 2.00. The predicted molar refractivity (Wildman–Crippen MR) is 83.9 cm³/mol. The lowest BCUT2D eigenvalue weighted by Crippen LogP contribution is -2.42. The fourth-order valence-corrected chi connectivity index (χ4v) is 4.18. The molecule has 0 spiro atoms. The van der Waals surface area contributed by atoms with Crippen LogP contribution in [-0.2, 0) is 13.5 Å². The largest absolute Gasteiger partial charge is 0.394 e. The number of fused-ring (bicyclic) bond motifs is 1. The van der Waals surface area contributed by atoms with Crippen molar-refractivity contribution in [2.24, 2.45) is 18.9 Å². The fourth-order valence-electron chi connectivity index (χ4n) is 4.18. The van der Waals surface area contributed by atoms with Crippen LogP contribution in [-0.4, -0.2) is 22.9 Å². The molecule has 2 N–H and O–H groups in total. The van der Waals surface area contributed by atoms with Crippen LogP contribution in [0.4, 0.5) is 11.5 Å². The highest BCUT2D eigenvalue weighted by atomic mass is 15.4. The van der Waals surface area contributed by atoms with E-state index in [2.05, 4.69) is 16.9 Å². The van der Waals surface area contributed by atoms with Crippen molar-refractivity contribution in [3.05, 3.63) is 5.69 Å². The number of hydrogen-bond donors (Lipinski definition) is 1. The van der Waals surface area contributed by atoms with Gasteiger partial charge in [0.15, 0.2) is 0 Å². The lowest BCUT2D eigenvalue weighted by atomic mass is 9.75. The molecule has 3 rings (SSSR count). The quantitative estimate of drug-likeness (QED) is 0.923. The Labute approximate surface area is 122 Å². The molecule has 1 saturated heterocycles. The molecule has 0 bridgehead atoms. The molecule has 4 nitrogen and oxygen atoms in total. The lowest BCUT2D eigenvalue weighted by Gasteiger charge is -2.42. The number of aromatic nitrogens is 2. The summed E-state index contributed by atoms with van der Waals surface area (Å²) in [5, 5.41) is 4.63. The molecule has 2 aliphatic rings. The van der Waals surface area contributed by atoms with Gasteiger partial charge in [0.05, 0.1) is 11.4 Å². The Morgan fingerprint density at radius 3 is 2.70 bits per heavy atom. The Bertz CT molecular complexity index is 465. The van der Waals surface area contributed by atoms with Crippen LogP contribution >= 0.6 is 0 Å². The molecule has 4 heteroatoms. The van der Waals surface area contributed by atoms with Crippen molar-refractivity contribution in [2.75, 3.05) is 23.7 Å². The third-order valence-electron chi connectivity index (χ3n) is 5.21. The Hall–Kier alpha value is -1.19. The van der Waals surface area contributed by atoms with Gasteiger partial charge in [-0.25, -0.2) is 0 Å². The normalized spacial score (nSPS) is 26.6. The fraction of sp³-hybridized carbons (Fsp3) is 0.812. The first-order valence-electron chi connectivity index (χ1n) is 8.27. The summed E-state index contributed by atoms with van der Waals surface area (Å²) in [4.78, 5) is 2.49. The molecule has 2 heterocycles. The summed E-state index contributed by atoms with van der Waals surface area (Å²) >= 11 is 0. The minimum absolute atomic E-state index is 0.876. The number of aryl methyl sites for hydroxylation is 2. The maximum Gasteiger partial charge on any atom is 0.150 e. The summed E-state index contributed by atoms with van der Waals surface area (Å²) in [6.07, 6.45) is 9.12. The van der Waals surface area contributed by atoms with Gasteiger partial charge in [0.1, 0.15) is 5.82 Å². The Balaban J connectivity index is 1.79. The molecule has 20 heavy (non-hydrogen) atoms. The summed E-state index contributed by atoms with van der Waals surface area (Å²) in [6.45, 7) is 4.51. The second-order valence-electron chi connectivity index (χ2n) is 6.60. The standard InChI is InChI=1S/C16H28N4/c1-3-6-14-15(17)16(19(2)18-14)20-10-9-12-7-4-5-8-13(12)11-20/h12-13H,3-11,17H2,1-2H3. The molecule has 1 aliphatic carbocycles. The molecule has 112 valence electrons. The molecular formula is C16H28N4. The van der Waals surface area contributed by atoms with Gasteiger partial charge in [-0.1, -0.05) is 32.6 Å². The summed E-state index contributed by atoms with van der Waals surface area (Å²) in [6, 6.07) is 0. The molecule has 1 aliphatic heterocycles. The smallest absolute Gasteiger partial charge is 0.150 e. The predicted octanol–water partition coefficient (Wildman–Crippen LogP) is 2.97. The van der Waals surface area contributed by atoms with E-state index < -0.39 is 0 Å². The maximum atomic E-state index is 6.36. The van der Waals surface area contributed by atoms with Crippen molar-refractivity contribution in [2.45, 2.75) is 51.9 Å². The number of piperidine rings is 1. The molecule has 2 unspecified atom stereocenters. The third-order valence-corrected chi connectivity index (χ3v) is 5.21. The topological polar surface area (TPSA) is 47.1 Å². The van der Waals surface area contributed by atoms with E-state index in [1.54, 1.807) is 0 Å². The van der Waals surface area contributed by atoms with E-state index in [1.165, 1.54) is 38.6 Å². The van der Waals surface area contributed by atoms with E-state index in [-0.39, 0.29) is 0 Å². The number of nitrogens with two attached hydrogens (primary N) is 1. The van der Waals surface area contributed by atoms with E-state index in [0.29, 0.717) is 0 Å². The van der Waals surface area contributed by atoms with Crippen molar-refractivity contribution in [1.29, 1.82) is 0 Å². The van der Waals surface area contributed by atoms with Crippen molar-refractivity contribution >= 4 is 11.5 Å². The molecule has 0 amide bonds. The zero-order valence-electron chi connectivity index (χ0n) is 12.9. The molecule has 2 atom stereocenters. The number of nitrogen functional groups attached to an aromatic ring is 1. The van der Waals surface area contributed by atoms with E-state index in [9.17, 15) is 0 Å². The van der Waals surface area contributed by atoms with Gasteiger partial charge in [0.25, 0.3) is 0 Å². The molecule has 0 aromatic carbocycles. The van der Waals surface area contributed by atoms with E-state index >= 15 is 0 Å². The first-order chi connectivity index (χ1) is 9.70. The highest BCUT2D eigenvalue weighted by Gasteiger charge is 2.33. The van der Waals surface area contributed by atoms with Gasteiger partial charge in [-0.2, -0.15) is 5.10 Å². The van der Waals surface area contributed by atoms with Gasteiger partial charge < -0.3 is 10.6 Å². The van der Waals surface area contributed by atoms with Crippen LogP contribution in [0.3, 0.4) is 0 Å². The van der Waals surface area contributed by atoms with E-state index in [4.69, 9.17) is 5.73 Å². The van der Waals surface area contributed by atoms with Crippen LogP contribution in [0.1, 0.15) is 51.1 Å². The van der Waals surface area contributed by atoms with Crippen molar-refractivity contribution < 1.29 is 0 Å². The van der Waals surface area contributed by atoms with Gasteiger partial charge in [0, 0.05) is 20.1 Å².